The van der Waals surface area contributed by atoms with Gasteiger partial charge in [-0.05, 0) is 49.4 Å². The van der Waals surface area contributed by atoms with Gasteiger partial charge in [0.15, 0.2) is 0 Å². The topological polar surface area (TPSA) is 6.48 Å². The van der Waals surface area contributed by atoms with E-state index < -0.39 is 0 Å². The molecule has 0 bridgehead atoms. The molecule has 0 aromatic heterocycles. The largest absolute Gasteiger partial charge is 2.00 e. The summed E-state index contributed by atoms with van der Waals surface area (Å²) < 4.78 is 1.35. The molecule has 244 valence electrons. The van der Waals surface area contributed by atoms with Gasteiger partial charge in [0.1, 0.15) is 0 Å². The summed E-state index contributed by atoms with van der Waals surface area (Å²) in [5.41, 5.74) is 0. The minimum absolute atomic E-state index is 0. The van der Waals surface area contributed by atoms with Gasteiger partial charge in [0.25, 0.3) is 0 Å². The van der Waals surface area contributed by atoms with E-state index >= 15 is 0 Å². The Morgan fingerprint density at radius 2 is 0.659 bits per heavy atom. The van der Waals surface area contributed by atoms with Crippen molar-refractivity contribution in [1.82, 2.24) is 9.80 Å². The zero-order chi connectivity index (χ0) is 30.8. The van der Waals surface area contributed by atoms with Gasteiger partial charge in [0.2, 0.25) is 0 Å². The van der Waals surface area contributed by atoms with Crippen molar-refractivity contribution in [1.29, 1.82) is 0 Å². The molecule has 0 heterocycles. The monoisotopic (exact) mass is 730 g/mol. The van der Waals surface area contributed by atoms with Crippen molar-refractivity contribution in [2.24, 2.45) is 23.7 Å². The van der Waals surface area contributed by atoms with Gasteiger partial charge < -0.3 is 59.5 Å². The first-order valence-electron chi connectivity index (χ1n) is 17.1. The standard InChI is InChI=1S/2C17H35NS2.Mo/c2*1-5-9-11-15(7-3)13-18(17(19)20)14-16(8-4)12-10-6-2;/h2*15-16H,5-14H2,1-4H3,(H,19,20);/q;;+2/p-2. The molecule has 0 saturated heterocycles. The quantitative estimate of drug-likeness (QED) is 0.0551. The van der Waals surface area contributed by atoms with Crippen LogP contribution in [-0.2, 0) is 46.3 Å². The van der Waals surface area contributed by atoms with Crippen LogP contribution in [0.3, 0.4) is 0 Å². The molecule has 0 aliphatic rings. The van der Waals surface area contributed by atoms with Gasteiger partial charge in [-0.25, -0.2) is 0 Å². The Morgan fingerprint density at radius 1 is 0.463 bits per heavy atom. The van der Waals surface area contributed by atoms with Gasteiger partial charge in [-0.2, -0.15) is 0 Å². The number of rotatable bonds is 24. The number of unbranched alkanes of at least 4 members (excludes halogenated alkanes) is 4. The zero-order valence-electron chi connectivity index (χ0n) is 28.4. The predicted molar refractivity (Wildman–Crippen MR) is 196 cm³/mol. The van der Waals surface area contributed by atoms with Gasteiger partial charge in [-0.1, -0.05) is 141 Å². The molecule has 0 aromatic carbocycles. The Balaban J connectivity index is -0.000000688. The van der Waals surface area contributed by atoms with E-state index in [1.807, 2.05) is 0 Å². The minimum atomic E-state index is 0. The predicted octanol–water partition coefficient (Wildman–Crippen LogP) is 11.1. The van der Waals surface area contributed by atoms with Crippen LogP contribution in [0.1, 0.15) is 158 Å². The van der Waals surface area contributed by atoms with Crippen LogP contribution in [0.5, 0.6) is 0 Å². The third-order valence-electron chi connectivity index (χ3n) is 8.60. The number of hydrogen-bond donors (Lipinski definition) is 0. The molecule has 4 atom stereocenters. The first kappa shape index (κ1) is 46.3. The maximum Gasteiger partial charge on any atom is 2.00 e. The molecule has 0 amide bonds. The third kappa shape index (κ3) is 25.9. The van der Waals surface area contributed by atoms with Crippen molar-refractivity contribution in [3.05, 3.63) is 0 Å². The van der Waals surface area contributed by atoms with Crippen molar-refractivity contribution < 1.29 is 21.1 Å². The van der Waals surface area contributed by atoms with Crippen LogP contribution >= 0.6 is 24.4 Å². The average Bonchev–Trinajstić information content (AvgIpc) is 2.95. The smallest absolute Gasteiger partial charge is 0.411 e. The van der Waals surface area contributed by atoms with Crippen molar-refractivity contribution in [2.45, 2.75) is 158 Å². The van der Waals surface area contributed by atoms with Crippen molar-refractivity contribution in [2.75, 3.05) is 26.2 Å². The van der Waals surface area contributed by atoms with Crippen LogP contribution in [-0.4, -0.2) is 44.6 Å². The van der Waals surface area contributed by atoms with E-state index in [1.165, 1.54) is 103 Å². The second kappa shape index (κ2) is 32.3. The molecular weight excluding hydrogens is 661 g/mol. The number of thiocarbonyl (C=S) groups is 2. The van der Waals surface area contributed by atoms with Crippen molar-refractivity contribution in [3.63, 3.8) is 0 Å². The summed E-state index contributed by atoms with van der Waals surface area (Å²) in [5.74, 6) is 3.00. The first-order chi connectivity index (χ1) is 19.2. The molecule has 0 aromatic rings. The van der Waals surface area contributed by atoms with E-state index in [0.29, 0.717) is 8.64 Å². The van der Waals surface area contributed by atoms with Crippen molar-refractivity contribution >= 4 is 58.3 Å². The Hall–Kier alpha value is 0.908. The minimum Gasteiger partial charge on any atom is -0.411 e. The third-order valence-corrected chi connectivity index (χ3v) is 9.64. The molecule has 41 heavy (non-hydrogen) atoms. The van der Waals surface area contributed by atoms with Gasteiger partial charge in [0.05, 0.1) is 0 Å². The van der Waals surface area contributed by atoms with Gasteiger partial charge in [-0.3, -0.25) is 0 Å². The van der Waals surface area contributed by atoms with E-state index in [0.717, 1.165) is 49.9 Å². The normalized spacial score (nSPS) is 13.7. The van der Waals surface area contributed by atoms with E-state index in [9.17, 15) is 0 Å². The summed E-state index contributed by atoms with van der Waals surface area (Å²) in [6.45, 7) is 22.5. The second-order valence-corrected chi connectivity index (χ2v) is 14.1. The molecule has 2 nitrogen and oxygen atoms in total. The van der Waals surface area contributed by atoms with E-state index in [-0.39, 0.29) is 21.1 Å². The summed E-state index contributed by atoms with van der Waals surface area (Å²) in [4.78, 5) is 4.61. The molecule has 0 saturated carbocycles. The fraction of sp³-hybridized carbons (Fsp3) is 0.941. The van der Waals surface area contributed by atoms with Crippen LogP contribution in [0.4, 0.5) is 0 Å². The molecule has 0 rings (SSSR count). The Bertz CT molecular complexity index is 507. The molecule has 7 heteroatoms. The van der Waals surface area contributed by atoms with Gasteiger partial charge in [0, 0.05) is 26.2 Å². The van der Waals surface area contributed by atoms with E-state index in [2.05, 4.69) is 65.2 Å². The SMILES string of the molecule is CCCCC(CC)CN(CC(CC)CCCC)C(=S)[S-].CCCCC(CC)CN(CC(CC)CCCC)C(=S)[S-].[Mo+2]. The fourth-order valence-corrected chi connectivity index (χ4v) is 5.96. The summed E-state index contributed by atoms with van der Waals surface area (Å²) in [6, 6.07) is 0. The van der Waals surface area contributed by atoms with E-state index in [4.69, 9.17) is 49.7 Å². The van der Waals surface area contributed by atoms with Crippen LogP contribution in [0.15, 0.2) is 0 Å². The summed E-state index contributed by atoms with van der Waals surface area (Å²) >= 11 is 21.3. The Labute approximate surface area is 295 Å². The summed E-state index contributed by atoms with van der Waals surface area (Å²) in [6.07, 6.45) is 20.6. The molecule has 0 aliphatic carbocycles. The van der Waals surface area contributed by atoms with Gasteiger partial charge in [-0.15, -0.1) is 0 Å². The van der Waals surface area contributed by atoms with Crippen LogP contribution < -0.4 is 0 Å². The molecule has 4 unspecified atom stereocenters. The van der Waals surface area contributed by atoms with Gasteiger partial charge >= 0.3 is 21.1 Å². The first-order valence-corrected chi connectivity index (χ1v) is 18.7. The second-order valence-electron chi connectivity index (χ2n) is 12.0. The molecule has 0 fully saturated rings. The van der Waals surface area contributed by atoms with Crippen LogP contribution in [0.25, 0.3) is 0 Å². The molecule has 0 N–H and O–H groups in total. The fourth-order valence-electron chi connectivity index (χ4n) is 5.36. The van der Waals surface area contributed by atoms with E-state index in [1.54, 1.807) is 0 Å². The Kier molecular flexibility index (Phi) is 36.5. The van der Waals surface area contributed by atoms with Crippen LogP contribution in [0, 0.1) is 23.7 Å². The molecular formula is C34H68MoN2S4. The van der Waals surface area contributed by atoms with Crippen LogP contribution in [0.2, 0.25) is 0 Å². The maximum absolute atomic E-state index is 5.32. The summed E-state index contributed by atoms with van der Waals surface area (Å²) in [7, 11) is 0. The molecule has 0 spiro atoms. The number of hydrogen-bond acceptors (Lipinski definition) is 4. The molecule has 0 aliphatic heterocycles. The zero-order valence-corrected chi connectivity index (χ0v) is 33.7. The number of nitrogens with zero attached hydrogens (tertiary/aromatic N) is 2. The molecule has 0 radical (unpaired) electrons. The Morgan fingerprint density at radius 3 is 0.780 bits per heavy atom. The summed E-state index contributed by atoms with van der Waals surface area (Å²) in [5, 5.41) is 0. The van der Waals surface area contributed by atoms with Crippen molar-refractivity contribution in [3.8, 4) is 0 Å². The average molecular weight is 729 g/mol. The maximum atomic E-state index is 5.32.